The van der Waals surface area contributed by atoms with Gasteiger partial charge in [0.1, 0.15) is 18.3 Å². The lowest BCUT2D eigenvalue weighted by Crippen LogP contribution is -2.51. The van der Waals surface area contributed by atoms with E-state index in [0.717, 1.165) is 16.1 Å². The van der Waals surface area contributed by atoms with E-state index in [4.69, 9.17) is 4.74 Å². The minimum absolute atomic E-state index is 0.134. The first-order valence-electron chi connectivity index (χ1n) is 10.0. The van der Waals surface area contributed by atoms with Gasteiger partial charge < -0.3 is 15.0 Å². The first-order valence-corrected chi connectivity index (χ1v) is 12.6. The number of hydrogen-bond donors (Lipinski definition) is 1. The predicted molar refractivity (Wildman–Crippen MR) is 128 cm³/mol. The Kier molecular flexibility index (Phi) is 9.09. The second kappa shape index (κ2) is 11.3. The molecule has 0 bridgehead atoms. The van der Waals surface area contributed by atoms with Gasteiger partial charge in [-0.05, 0) is 59.6 Å². The molecule has 8 nitrogen and oxygen atoms in total. The number of carbonyl (C=O) groups is 2. The zero-order valence-electron chi connectivity index (χ0n) is 18.5. The van der Waals surface area contributed by atoms with Gasteiger partial charge in [-0.15, -0.1) is 0 Å². The molecule has 10 heteroatoms. The van der Waals surface area contributed by atoms with Crippen LogP contribution in [0.15, 0.2) is 53.0 Å². The highest BCUT2D eigenvalue weighted by Gasteiger charge is 2.30. The zero-order valence-corrected chi connectivity index (χ0v) is 20.9. The molecule has 0 heterocycles. The molecule has 0 spiro atoms. The van der Waals surface area contributed by atoms with Crippen molar-refractivity contribution in [3.63, 3.8) is 0 Å². The van der Waals surface area contributed by atoms with Gasteiger partial charge in [0.25, 0.3) is 0 Å². The van der Waals surface area contributed by atoms with Gasteiger partial charge in [-0.3, -0.25) is 13.9 Å². The summed E-state index contributed by atoms with van der Waals surface area (Å²) in [5, 5.41) is 2.72. The number of para-hydroxylation sites is 1. The molecule has 0 aliphatic rings. The normalized spacial score (nSPS) is 12.0. The van der Waals surface area contributed by atoms with E-state index < -0.39 is 28.5 Å². The summed E-state index contributed by atoms with van der Waals surface area (Å²) in [7, 11) is -2.21. The molecular weight excluding hydrogens is 498 g/mol. The van der Waals surface area contributed by atoms with Crippen molar-refractivity contribution in [2.24, 2.45) is 0 Å². The first kappa shape index (κ1) is 25.7. The molecule has 32 heavy (non-hydrogen) atoms. The van der Waals surface area contributed by atoms with Gasteiger partial charge in [0.05, 0.1) is 19.1 Å². The van der Waals surface area contributed by atoms with Gasteiger partial charge in [-0.1, -0.05) is 24.3 Å². The number of rotatable bonds is 10. The maximum absolute atomic E-state index is 13.4. The van der Waals surface area contributed by atoms with Gasteiger partial charge in [0.15, 0.2) is 0 Å². The molecule has 0 saturated carbocycles. The zero-order chi connectivity index (χ0) is 23.9. The minimum atomic E-state index is -3.77. The molecule has 2 aromatic carbocycles. The van der Waals surface area contributed by atoms with Crippen molar-refractivity contribution in [3.8, 4) is 5.75 Å². The molecule has 1 atom stereocenters. The van der Waals surface area contributed by atoms with Gasteiger partial charge in [0.2, 0.25) is 21.8 Å². The van der Waals surface area contributed by atoms with E-state index in [2.05, 4.69) is 21.2 Å². The van der Waals surface area contributed by atoms with Crippen LogP contribution in [0.3, 0.4) is 0 Å². The van der Waals surface area contributed by atoms with Crippen molar-refractivity contribution < 1.29 is 22.7 Å². The van der Waals surface area contributed by atoms with Gasteiger partial charge >= 0.3 is 0 Å². The van der Waals surface area contributed by atoms with Crippen molar-refractivity contribution in [2.45, 2.75) is 26.4 Å². The van der Waals surface area contributed by atoms with Crippen LogP contribution in [0.5, 0.6) is 5.75 Å². The Labute approximate surface area is 197 Å². The highest BCUT2D eigenvalue weighted by molar-refractivity contribution is 9.10. The molecule has 2 aromatic rings. The van der Waals surface area contributed by atoms with Gasteiger partial charge in [-0.2, -0.15) is 0 Å². The standard InChI is InChI=1S/C22H28BrN3O5S/c1-5-24-22(28)16(2)25(14-17-10-12-18(31-3)13-11-17)21(27)15-26(32(4,29)30)20-9-7-6-8-19(20)23/h6-13,16H,5,14-15H2,1-4H3,(H,24,28)/t16-/m1/s1. The van der Waals surface area contributed by atoms with Gasteiger partial charge in [0, 0.05) is 17.6 Å². The second-order valence-electron chi connectivity index (χ2n) is 7.16. The van der Waals surface area contributed by atoms with Crippen LogP contribution in [0, 0.1) is 0 Å². The fourth-order valence-electron chi connectivity index (χ4n) is 3.08. The average molecular weight is 526 g/mol. The lowest BCUT2D eigenvalue weighted by atomic mass is 10.1. The Morgan fingerprint density at radius 3 is 2.28 bits per heavy atom. The molecule has 0 radical (unpaired) electrons. The van der Waals surface area contributed by atoms with Crippen molar-refractivity contribution >= 4 is 43.5 Å². The van der Waals surface area contributed by atoms with Crippen LogP contribution >= 0.6 is 15.9 Å². The monoisotopic (exact) mass is 525 g/mol. The number of amides is 2. The molecule has 0 aliphatic heterocycles. The highest BCUT2D eigenvalue weighted by Crippen LogP contribution is 2.28. The van der Waals surface area contributed by atoms with E-state index in [1.165, 1.54) is 4.90 Å². The number of nitrogens with zero attached hydrogens (tertiary/aromatic N) is 2. The van der Waals surface area contributed by atoms with Crippen LogP contribution in [0.2, 0.25) is 0 Å². The van der Waals surface area contributed by atoms with Crippen LogP contribution in [-0.4, -0.2) is 57.6 Å². The number of methoxy groups -OCH3 is 1. The number of halogens is 1. The van der Waals surface area contributed by atoms with Gasteiger partial charge in [-0.25, -0.2) is 8.42 Å². The summed E-state index contributed by atoms with van der Waals surface area (Å²) in [5.41, 5.74) is 1.13. The summed E-state index contributed by atoms with van der Waals surface area (Å²) >= 11 is 3.35. The number of sulfonamides is 1. The molecule has 0 aliphatic carbocycles. The molecule has 0 fully saturated rings. The smallest absolute Gasteiger partial charge is 0.244 e. The maximum atomic E-state index is 13.4. The Morgan fingerprint density at radius 2 is 1.75 bits per heavy atom. The van der Waals surface area contributed by atoms with Crippen LogP contribution in [0.1, 0.15) is 19.4 Å². The summed E-state index contributed by atoms with van der Waals surface area (Å²) in [6, 6.07) is 13.1. The van der Waals surface area contributed by atoms with Crippen LogP contribution in [0.25, 0.3) is 0 Å². The Hall–Kier alpha value is -2.59. The fourth-order valence-corrected chi connectivity index (χ4v) is 4.56. The number of hydrogen-bond acceptors (Lipinski definition) is 5. The summed E-state index contributed by atoms with van der Waals surface area (Å²) in [6.07, 6.45) is 1.04. The SMILES string of the molecule is CCNC(=O)[C@@H](C)N(Cc1ccc(OC)cc1)C(=O)CN(c1ccccc1Br)S(C)(=O)=O. The van der Waals surface area contributed by atoms with E-state index in [-0.39, 0.29) is 12.5 Å². The number of benzene rings is 2. The molecule has 1 N–H and O–H groups in total. The van der Waals surface area contributed by atoms with Crippen molar-refractivity contribution in [1.29, 1.82) is 0 Å². The summed E-state index contributed by atoms with van der Waals surface area (Å²) < 4.78 is 31.8. The number of likely N-dealkylation sites (N-methyl/N-ethyl adjacent to an activating group) is 1. The Balaban J connectivity index is 2.38. The third-order valence-corrected chi connectivity index (χ3v) is 6.63. The quantitative estimate of drug-likeness (QED) is 0.514. The molecule has 2 amide bonds. The second-order valence-corrected chi connectivity index (χ2v) is 9.92. The van der Waals surface area contributed by atoms with E-state index in [1.54, 1.807) is 69.5 Å². The Morgan fingerprint density at radius 1 is 1.12 bits per heavy atom. The fraction of sp³-hybridized carbons (Fsp3) is 0.364. The van der Waals surface area contributed by atoms with E-state index in [9.17, 15) is 18.0 Å². The topological polar surface area (TPSA) is 96.0 Å². The first-order chi connectivity index (χ1) is 15.1. The molecule has 0 saturated heterocycles. The van der Waals surface area contributed by atoms with Crippen molar-refractivity contribution in [3.05, 3.63) is 58.6 Å². The van der Waals surface area contributed by atoms with Crippen LogP contribution in [-0.2, 0) is 26.2 Å². The molecule has 0 aromatic heterocycles. The minimum Gasteiger partial charge on any atom is -0.497 e. The third kappa shape index (κ3) is 6.70. The van der Waals surface area contributed by atoms with Crippen LogP contribution in [0.4, 0.5) is 5.69 Å². The average Bonchev–Trinajstić information content (AvgIpc) is 2.75. The predicted octanol–water partition coefficient (Wildman–Crippen LogP) is 2.78. The highest BCUT2D eigenvalue weighted by atomic mass is 79.9. The molecule has 174 valence electrons. The van der Waals surface area contributed by atoms with Crippen molar-refractivity contribution in [2.75, 3.05) is 30.8 Å². The summed E-state index contributed by atoms with van der Waals surface area (Å²) in [4.78, 5) is 27.3. The lowest BCUT2D eigenvalue weighted by Gasteiger charge is -2.31. The van der Waals surface area contributed by atoms with E-state index in [1.807, 2.05) is 0 Å². The number of nitrogens with one attached hydrogen (secondary N) is 1. The largest absolute Gasteiger partial charge is 0.497 e. The van der Waals surface area contributed by atoms with E-state index in [0.29, 0.717) is 22.5 Å². The molecular formula is C22H28BrN3O5S. The number of anilines is 1. The van der Waals surface area contributed by atoms with E-state index >= 15 is 0 Å². The molecule has 0 unspecified atom stereocenters. The maximum Gasteiger partial charge on any atom is 0.244 e. The summed E-state index contributed by atoms with van der Waals surface area (Å²) in [6.45, 7) is 3.52. The number of carbonyl (C=O) groups excluding carboxylic acids is 2. The van der Waals surface area contributed by atoms with Crippen molar-refractivity contribution in [1.82, 2.24) is 10.2 Å². The third-order valence-electron chi connectivity index (χ3n) is 4.83. The Bertz CT molecular complexity index is 1040. The van der Waals surface area contributed by atoms with Crippen LogP contribution < -0.4 is 14.4 Å². The number of ether oxygens (including phenoxy) is 1. The lowest BCUT2D eigenvalue weighted by molar-refractivity contribution is -0.139. The molecule has 2 rings (SSSR count). The summed E-state index contributed by atoms with van der Waals surface area (Å²) in [5.74, 6) is -0.150.